The number of ether oxygens (including phenoxy) is 1. The molecule has 2 heterocycles. The van der Waals surface area contributed by atoms with Gasteiger partial charge in [-0.05, 0) is 18.2 Å². The molecule has 3 rings (SSSR count). The van der Waals surface area contributed by atoms with Gasteiger partial charge in [-0.3, -0.25) is 4.79 Å². The van der Waals surface area contributed by atoms with Crippen LogP contribution in [0.4, 0.5) is 0 Å². The summed E-state index contributed by atoms with van der Waals surface area (Å²) in [7, 11) is 0. The van der Waals surface area contributed by atoms with Crippen LogP contribution >= 0.6 is 0 Å². The van der Waals surface area contributed by atoms with E-state index in [1.165, 1.54) is 0 Å². The largest absolute Gasteiger partial charge is 0.426 e. The molecule has 1 amide bonds. The lowest BCUT2D eigenvalue weighted by molar-refractivity contribution is 0.0909. The van der Waals surface area contributed by atoms with E-state index >= 15 is 0 Å². The Labute approximate surface area is 116 Å². The summed E-state index contributed by atoms with van der Waals surface area (Å²) in [5.41, 5.74) is 0. The predicted molar refractivity (Wildman–Crippen MR) is 73.9 cm³/mol. The van der Waals surface area contributed by atoms with Gasteiger partial charge >= 0.3 is 0 Å². The van der Waals surface area contributed by atoms with Gasteiger partial charge in [0.05, 0.1) is 0 Å². The van der Waals surface area contributed by atoms with Gasteiger partial charge in [-0.2, -0.15) is 0 Å². The number of nitrogens with one attached hydrogen (secondary N) is 2. The smallest absolute Gasteiger partial charge is 0.290 e. The predicted octanol–water partition coefficient (Wildman–Crippen LogP) is 2.02. The summed E-state index contributed by atoms with van der Waals surface area (Å²) in [6.07, 6.45) is 0. The van der Waals surface area contributed by atoms with Crippen molar-refractivity contribution in [3.8, 4) is 11.7 Å². The number of carbonyl (C=O) groups excluding carboxylic acids is 1. The van der Waals surface area contributed by atoms with Gasteiger partial charge in [0, 0.05) is 31.6 Å². The van der Waals surface area contributed by atoms with E-state index in [-0.39, 0.29) is 11.7 Å². The van der Waals surface area contributed by atoms with Gasteiger partial charge in [0.15, 0.2) is 5.76 Å². The molecule has 2 N–H and O–H groups in total. The molecule has 20 heavy (non-hydrogen) atoms. The Morgan fingerprint density at radius 3 is 2.75 bits per heavy atom. The van der Waals surface area contributed by atoms with Crippen molar-refractivity contribution in [1.29, 1.82) is 0 Å². The number of rotatable bonds is 5. The molecule has 5 heteroatoms. The van der Waals surface area contributed by atoms with Crippen molar-refractivity contribution in [2.45, 2.75) is 0 Å². The van der Waals surface area contributed by atoms with Crippen LogP contribution in [0.2, 0.25) is 0 Å². The summed E-state index contributed by atoms with van der Waals surface area (Å²) < 4.78 is 10.9. The minimum absolute atomic E-state index is 0.209. The summed E-state index contributed by atoms with van der Waals surface area (Å²) in [6.45, 7) is 2.59. The lowest BCUT2D eigenvalue weighted by Crippen LogP contribution is -2.48. The molecule has 0 saturated carbocycles. The van der Waals surface area contributed by atoms with E-state index in [2.05, 4.69) is 10.6 Å². The summed E-state index contributed by atoms with van der Waals surface area (Å²) >= 11 is 0. The minimum atomic E-state index is -0.209. The van der Waals surface area contributed by atoms with Crippen LogP contribution in [-0.2, 0) is 0 Å². The van der Waals surface area contributed by atoms with Crippen LogP contribution in [0.1, 0.15) is 10.6 Å². The Bertz CT molecular complexity index is 576. The maximum Gasteiger partial charge on any atom is 0.290 e. The molecule has 0 bridgehead atoms. The molecular formula is C15H16N2O3. The van der Waals surface area contributed by atoms with Gasteiger partial charge in [-0.15, -0.1) is 0 Å². The zero-order valence-electron chi connectivity index (χ0n) is 11.0. The molecule has 1 aromatic carbocycles. The average molecular weight is 272 g/mol. The lowest BCUT2D eigenvalue weighted by Gasteiger charge is -2.26. The molecule has 1 aromatic heterocycles. The number of hydrogen-bond donors (Lipinski definition) is 2. The fourth-order valence-corrected chi connectivity index (χ4v) is 1.92. The molecule has 104 valence electrons. The first-order valence-electron chi connectivity index (χ1n) is 6.63. The van der Waals surface area contributed by atoms with Crippen LogP contribution in [0.5, 0.6) is 11.7 Å². The quantitative estimate of drug-likeness (QED) is 0.874. The highest BCUT2D eigenvalue weighted by molar-refractivity contribution is 5.91. The SMILES string of the molecule is O=C(NCC1CNC1)c1ccc(Oc2ccccc2)o1. The Morgan fingerprint density at radius 2 is 2.05 bits per heavy atom. The van der Waals surface area contributed by atoms with E-state index in [4.69, 9.17) is 9.15 Å². The molecule has 2 aromatic rings. The molecule has 0 radical (unpaired) electrons. The number of hydrogen-bond acceptors (Lipinski definition) is 4. The Balaban J connectivity index is 1.56. The molecule has 5 nitrogen and oxygen atoms in total. The van der Waals surface area contributed by atoms with Gasteiger partial charge in [0.25, 0.3) is 11.9 Å². The van der Waals surface area contributed by atoms with Crippen molar-refractivity contribution >= 4 is 5.91 Å². The minimum Gasteiger partial charge on any atom is -0.426 e. The van der Waals surface area contributed by atoms with E-state index in [9.17, 15) is 4.79 Å². The molecule has 1 aliphatic rings. The Morgan fingerprint density at radius 1 is 1.25 bits per heavy atom. The van der Waals surface area contributed by atoms with Crippen molar-refractivity contribution in [3.63, 3.8) is 0 Å². The fraction of sp³-hybridized carbons (Fsp3) is 0.267. The maximum atomic E-state index is 11.9. The van der Waals surface area contributed by atoms with E-state index in [1.54, 1.807) is 12.1 Å². The third-order valence-electron chi connectivity index (χ3n) is 3.18. The Kier molecular flexibility index (Phi) is 3.69. The number of para-hydroxylation sites is 1. The molecule has 0 aliphatic carbocycles. The van der Waals surface area contributed by atoms with Gasteiger partial charge < -0.3 is 19.8 Å². The summed E-state index contributed by atoms with van der Waals surface area (Å²) in [5.74, 6) is 1.57. The lowest BCUT2D eigenvalue weighted by atomic mass is 10.0. The molecule has 0 spiro atoms. The number of furan rings is 1. The number of amides is 1. The first-order valence-corrected chi connectivity index (χ1v) is 6.63. The Hall–Kier alpha value is -2.27. The highest BCUT2D eigenvalue weighted by atomic mass is 16.6. The van der Waals surface area contributed by atoms with Gasteiger partial charge in [-0.25, -0.2) is 0 Å². The molecule has 1 saturated heterocycles. The van der Waals surface area contributed by atoms with Crippen molar-refractivity contribution in [2.24, 2.45) is 5.92 Å². The molecule has 1 fully saturated rings. The molecular weight excluding hydrogens is 256 g/mol. The second-order valence-electron chi connectivity index (χ2n) is 4.77. The van der Waals surface area contributed by atoms with Gasteiger partial charge in [0.2, 0.25) is 0 Å². The van der Waals surface area contributed by atoms with Crippen LogP contribution in [-0.4, -0.2) is 25.5 Å². The first kappa shape index (κ1) is 12.7. The second-order valence-corrected chi connectivity index (χ2v) is 4.77. The van der Waals surface area contributed by atoms with Crippen LogP contribution in [0, 0.1) is 5.92 Å². The van der Waals surface area contributed by atoms with Crippen LogP contribution < -0.4 is 15.4 Å². The monoisotopic (exact) mass is 272 g/mol. The van der Waals surface area contributed by atoms with Crippen LogP contribution in [0.25, 0.3) is 0 Å². The third kappa shape index (κ3) is 3.00. The van der Waals surface area contributed by atoms with Crippen molar-refractivity contribution in [3.05, 3.63) is 48.2 Å². The highest BCUT2D eigenvalue weighted by Crippen LogP contribution is 2.23. The topological polar surface area (TPSA) is 63.5 Å². The molecule has 0 atom stereocenters. The fourth-order valence-electron chi connectivity index (χ4n) is 1.92. The zero-order valence-corrected chi connectivity index (χ0v) is 11.0. The molecule has 1 aliphatic heterocycles. The second kappa shape index (κ2) is 5.79. The van der Waals surface area contributed by atoms with E-state index in [1.807, 2.05) is 30.3 Å². The molecule has 0 unspecified atom stereocenters. The van der Waals surface area contributed by atoms with Crippen molar-refractivity contribution in [2.75, 3.05) is 19.6 Å². The number of carbonyl (C=O) groups is 1. The van der Waals surface area contributed by atoms with Crippen molar-refractivity contribution < 1.29 is 13.9 Å². The maximum absolute atomic E-state index is 11.9. The normalized spacial score (nSPS) is 14.6. The third-order valence-corrected chi connectivity index (χ3v) is 3.18. The highest BCUT2D eigenvalue weighted by Gasteiger charge is 2.19. The summed E-state index contributed by atoms with van der Waals surface area (Å²) in [6, 6.07) is 12.6. The van der Waals surface area contributed by atoms with Crippen molar-refractivity contribution in [1.82, 2.24) is 10.6 Å². The standard InChI is InChI=1S/C15H16N2O3/c18-15(17-10-11-8-16-9-11)13-6-7-14(20-13)19-12-4-2-1-3-5-12/h1-7,11,16H,8-10H2,(H,17,18). The average Bonchev–Trinajstić information content (AvgIpc) is 2.86. The van der Waals surface area contributed by atoms with E-state index in [0.717, 1.165) is 13.1 Å². The van der Waals surface area contributed by atoms with E-state index in [0.29, 0.717) is 24.2 Å². The van der Waals surface area contributed by atoms with Crippen LogP contribution in [0.15, 0.2) is 46.9 Å². The number of benzene rings is 1. The van der Waals surface area contributed by atoms with Gasteiger partial charge in [0.1, 0.15) is 5.75 Å². The van der Waals surface area contributed by atoms with Gasteiger partial charge in [-0.1, -0.05) is 18.2 Å². The van der Waals surface area contributed by atoms with E-state index < -0.39 is 0 Å². The summed E-state index contributed by atoms with van der Waals surface area (Å²) in [4.78, 5) is 11.9. The zero-order chi connectivity index (χ0) is 13.8. The van der Waals surface area contributed by atoms with Crippen LogP contribution in [0.3, 0.4) is 0 Å². The summed E-state index contributed by atoms with van der Waals surface area (Å²) in [5, 5.41) is 6.01. The first-order chi connectivity index (χ1) is 9.81.